The molecule has 0 radical (unpaired) electrons. The Morgan fingerprint density at radius 2 is 1.90 bits per heavy atom. The number of aromatic nitrogens is 2. The van der Waals surface area contributed by atoms with E-state index in [4.69, 9.17) is 0 Å². The van der Waals surface area contributed by atoms with Crippen LogP contribution in [0.2, 0.25) is 0 Å². The Kier molecular flexibility index (Phi) is 5.46. The van der Waals surface area contributed by atoms with E-state index >= 15 is 0 Å². The number of carbonyl (C=O) groups excluding carboxylic acids is 1. The van der Waals surface area contributed by atoms with E-state index in [1.807, 2.05) is 35.9 Å². The number of hydrogen-bond donors (Lipinski definition) is 1. The maximum absolute atomic E-state index is 13.0. The van der Waals surface area contributed by atoms with Crippen molar-refractivity contribution in [3.63, 3.8) is 0 Å². The van der Waals surface area contributed by atoms with Crippen LogP contribution in [0.3, 0.4) is 0 Å². The van der Waals surface area contributed by atoms with Gasteiger partial charge in [0, 0.05) is 43.1 Å². The van der Waals surface area contributed by atoms with Crippen LogP contribution in [0.15, 0.2) is 35.3 Å². The third-order valence-corrected chi connectivity index (χ3v) is 6.28. The number of rotatable bonds is 5. The number of piperidine rings is 1. The smallest absolute Gasteiger partial charge is 0.274 e. The molecule has 154 valence electrons. The minimum Gasteiger partial charge on any atom is -0.352 e. The molecule has 29 heavy (non-hydrogen) atoms. The molecule has 0 saturated carbocycles. The molecule has 0 aliphatic carbocycles. The highest BCUT2D eigenvalue weighted by Gasteiger charge is 2.20. The molecule has 0 atom stereocenters. The second-order valence-electron chi connectivity index (χ2n) is 8.39. The molecule has 1 aliphatic rings. The monoisotopic (exact) mass is 394 g/mol. The molecular weight excluding hydrogens is 364 g/mol. The van der Waals surface area contributed by atoms with Crippen LogP contribution < -0.4 is 10.9 Å². The average Bonchev–Trinajstić information content (AvgIpc) is 3.02. The molecule has 1 aliphatic heterocycles. The van der Waals surface area contributed by atoms with Gasteiger partial charge in [-0.15, -0.1) is 0 Å². The summed E-state index contributed by atoms with van der Waals surface area (Å²) in [7, 11) is 3.58. The maximum Gasteiger partial charge on any atom is 0.274 e. The van der Waals surface area contributed by atoms with E-state index in [1.165, 1.54) is 17.4 Å². The SMILES string of the molecule is CC1CCN(CCCNC(=O)c2cn(C)c(=O)c3c2c2ccccc2n3C)CC1. The van der Waals surface area contributed by atoms with Crippen LogP contribution in [0.4, 0.5) is 0 Å². The number of amides is 1. The minimum absolute atomic E-state index is 0.0884. The lowest BCUT2D eigenvalue weighted by Gasteiger charge is -2.30. The van der Waals surface area contributed by atoms with Crippen LogP contribution in [0, 0.1) is 5.92 Å². The fourth-order valence-corrected chi connectivity index (χ4v) is 4.46. The Morgan fingerprint density at radius 3 is 2.66 bits per heavy atom. The summed E-state index contributed by atoms with van der Waals surface area (Å²) in [5.41, 5.74) is 2.00. The standard InChI is InChI=1S/C23H30N4O2/c1-16-9-13-27(14-10-16)12-6-11-24-22(28)18-15-25(2)23(29)21-20(18)17-7-4-5-8-19(17)26(21)3/h4-5,7-8,15-16H,6,9-14H2,1-3H3,(H,24,28). The third-order valence-electron chi connectivity index (χ3n) is 6.28. The van der Waals surface area contributed by atoms with Gasteiger partial charge in [-0.05, 0) is 50.9 Å². The Morgan fingerprint density at radius 1 is 1.17 bits per heavy atom. The van der Waals surface area contributed by atoms with Gasteiger partial charge < -0.3 is 19.4 Å². The number of carbonyl (C=O) groups is 1. The molecule has 1 amide bonds. The summed E-state index contributed by atoms with van der Waals surface area (Å²) in [4.78, 5) is 28.3. The largest absolute Gasteiger partial charge is 0.352 e. The lowest BCUT2D eigenvalue weighted by atomic mass is 9.99. The first-order valence-corrected chi connectivity index (χ1v) is 10.5. The lowest BCUT2D eigenvalue weighted by molar-refractivity contribution is 0.0951. The Hall–Kier alpha value is -2.60. The third kappa shape index (κ3) is 3.69. The number of fused-ring (bicyclic) bond motifs is 3. The number of benzene rings is 1. The fraction of sp³-hybridized carbons (Fsp3) is 0.478. The number of nitrogens with one attached hydrogen (secondary N) is 1. The van der Waals surface area contributed by atoms with Gasteiger partial charge in [0.2, 0.25) is 0 Å². The predicted molar refractivity (Wildman–Crippen MR) is 117 cm³/mol. The van der Waals surface area contributed by atoms with Crippen molar-refractivity contribution in [2.75, 3.05) is 26.2 Å². The van der Waals surface area contributed by atoms with Crippen molar-refractivity contribution in [3.05, 3.63) is 46.4 Å². The summed E-state index contributed by atoms with van der Waals surface area (Å²) in [6.07, 6.45) is 5.13. The molecule has 0 spiro atoms. The van der Waals surface area contributed by atoms with Gasteiger partial charge in [0.05, 0.1) is 5.56 Å². The molecular formula is C23H30N4O2. The summed E-state index contributed by atoms with van der Waals surface area (Å²) in [6.45, 7) is 6.29. The van der Waals surface area contributed by atoms with Gasteiger partial charge >= 0.3 is 0 Å². The quantitative estimate of drug-likeness (QED) is 0.677. The van der Waals surface area contributed by atoms with Gasteiger partial charge in [0.15, 0.2) is 0 Å². The lowest BCUT2D eigenvalue weighted by Crippen LogP contribution is -2.35. The second-order valence-corrected chi connectivity index (χ2v) is 8.39. The number of likely N-dealkylation sites (tertiary alicyclic amines) is 1. The molecule has 6 nitrogen and oxygen atoms in total. The van der Waals surface area contributed by atoms with Crippen LogP contribution in [0.5, 0.6) is 0 Å². The van der Waals surface area contributed by atoms with Crippen molar-refractivity contribution >= 4 is 27.7 Å². The molecule has 3 aromatic rings. The molecule has 0 unspecified atom stereocenters. The molecule has 1 aromatic carbocycles. The molecule has 1 fully saturated rings. The van der Waals surface area contributed by atoms with Crippen LogP contribution in [-0.2, 0) is 14.1 Å². The van der Waals surface area contributed by atoms with Gasteiger partial charge in [-0.3, -0.25) is 9.59 Å². The fourth-order valence-electron chi connectivity index (χ4n) is 4.46. The van der Waals surface area contributed by atoms with E-state index in [1.54, 1.807) is 13.2 Å². The highest BCUT2D eigenvalue weighted by Crippen LogP contribution is 2.28. The van der Waals surface area contributed by atoms with Crippen molar-refractivity contribution in [3.8, 4) is 0 Å². The highest BCUT2D eigenvalue weighted by molar-refractivity contribution is 6.17. The first-order valence-electron chi connectivity index (χ1n) is 10.5. The van der Waals surface area contributed by atoms with E-state index < -0.39 is 0 Å². The molecule has 3 heterocycles. The minimum atomic E-state index is -0.116. The van der Waals surface area contributed by atoms with Crippen molar-refractivity contribution in [2.24, 2.45) is 20.0 Å². The molecule has 1 N–H and O–H groups in total. The number of nitrogens with zero attached hydrogens (tertiary/aromatic N) is 3. The number of pyridine rings is 1. The summed E-state index contributed by atoms with van der Waals surface area (Å²) < 4.78 is 3.39. The maximum atomic E-state index is 13.0. The molecule has 6 heteroatoms. The molecule has 2 aromatic heterocycles. The van der Waals surface area contributed by atoms with E-state index in [0.717, 1.165) is 48.3 Å². The van der Waals surface area contributed by atoms with Crippen molar-refractivity contribution < 1.29 is 4.79 Å². The Balaban J connectivity index is 1.54. The summed E-state index contributed by atoms with van der Waals surface area (Å²) in [5.74, 6) is 0.716. The zero-order chi connectivity index (χ0) is 20.5. The highest BCUT2D eigenvalue weighted by atomic mass is 16.2. The Labute approximate surface area is 171 Å². The van der Waals surface area contributed by atoms with Crippen LogP contribution >= 0.6 is 0 Å². The average molecular weight is 395 g/mol. The van der Waals surface area contributed by atoms with Crippen molar-refractivity contribution in [1.82, 2.24) is 19.4 Å². The number of hydrogen-bond acceptors (Lipinski definition) is 3. The van der Waals surface area contributed by atoms with Gasteiger partial charge in [-0.25, -0.2) is 0 Å². The molecule has 0 bridgehead atoms. The van der Waals surface area contributed by atoms with Gasteiger partial charge in [-0.1, -0.05) is 25.1 Å². The van der Waals surface area contributed by atoms with Gasteiger partial charge in [0.25, 0.3) is 11.5 Å². The van der Waals surface area contributed by atoms with E-state index in [2.05, 4.69) is 17.1 Å². The number of para-hydroxylation sites is 1. The van der Waals surface area contributed by atoms with Gasteiger partial charge in [0.1, 0.15) is 5.52 Å². The molecule has 1 saturated heterocycles. The van der Waals surface area contributed by atoms with Gasteiger partial charge in [-0.2, -0.15) is 0 Å². The topological polar surface area (TPSA) is 59.3 Å². The first kappa shape index (κ1) is 19.7. The van der Waals surface area contributed by atoms with E-state index in [-0.39, 0.29) is 11.5 Å². The van der Waals surface area contributed by atoms with Crippen LogP contribution in [0.25, 0.3) is 21.8 Å². The van der Waals surface area contributed by atoms with Crippen molar-refractivity contribution in [1.29, 1.82) is 0 Å². The van der Waals surface area contributed by atoms with Crippen LogP contribution in [0.1, 0.15) is 36.5 Å². The summed E-state index contributed by atoms with van der Waals surface area (Å²) in [6, 6.07) is 7.86. The zero-order valence-corrected chi connectivity index (χ0v) is 17.6. The summed E-state index contributed by atoms with van der Waals surface area (Å²) >= 11 is 0. The predicted octanol–water partition coefficient (Wildman–Crippen LogP) is 2.88. The van der Waals surface area contributed by atoms with Crippen LogP contribution in [-0.4, -0.2) is 46.1 Å². The second kappa shape index (κ2) is 8.03. The summed E-state index contributed by atoms with van der Waals surface area (Å²) in [5, 5.41) is 4.75. The molecule has 4 rings (SSSR count). The normalized spacial score (nSPS) is 16.0. The zero-order valence-electron chi connectivity index (χ0n) is 17.6. The Bertz CT molecular complexity index is 1100. The van der Waals surface area contributed by atoms with Crippen molar-refractivity contribution in [2.45, 2.75) is 26.2 Å². The van der Waals surface area contributed by atoms with E-state index in [9.17, 15) is 9.59 Å². The number of aryl methyl sites for hydroxylation is 2. The van der Waals surface area contributed by atoms with E-state index in [0.29, 0.717) is 17.6 Å². The first-order chi connectivity index (χ1) is 14.0.